The highest BCUT2D eigenvalue weighted by molar-refractivity contribution is 7.25. The Hall–Kier alpha value is -7.01. The molecule has 0 aliphatic rings. The summed E-state index contributed by atoms with van der Waals surface area (Å²) >= 11 is 1.81. The van der Waals surface area contributed by atoms with E-state index in [2.05, 4.69) is 188 Å². The Morgan fingerprint density at radius 1 is 0.291 bits per heavy atom. The second-order valence-electron chi connectivity index (χ2n) is 14.0. The number of benzene rings is 9. The highest BCUT2D eigenvalue weighted by atomic mass is 32.1. The molecule has 0 N–H and O–H groups in total. The molecule has 0 bridgehead atoms. The van der Waals surface area contributed by atoms with Gasteiger partial charge in [-0.15, -0.1) is 11.3 Å². The molecule has 0 atom stereocenters. The van der Waals surface area contributed by atoms with Crippen molar-refractivity contribution in [3.8, 4) is 56.4 Å². The molecule has 256 valence electrons. The minimum atomic E-state index is 0.640. The van der Waals surface area contributed by atoms with E-state index in [-0.39, 0.29) is 0 Å². The van der Waals surface area contributed by atoms with Gasteiger partial charge in [-0.2, -0.15) is 0 Å². The Morgan fingerprint density at radius 2 is 0.855 bits per heavy atom. The molecule has 2 heterocycles. The molecule has 0 amide bonds. The summed E-state index contributed by atoms with van der Waals surface area (Å²) in [6.45, 7) is 0. The van der Waals surface area contributed by atoms with Crippen LogP contribution in [0.2, 0.25) is 0 Å². The molecule has 11 rings (SSSR count). The summed E-state index contributed by atoms with van der Waals surface area (Å²) in [6, 6.07) is 66.9. The van der Waals surface area contributed by atoms with Crippen LogP contribution in [0.5, 0.6) is 0 Å². The number of nitrogens with zero attached hydrogens (tertiary/aromatic N) is 3. The van der Waals surface area contributed by atoms with E-state index >= 15 is 0 Å². The first-order valence-corrected chi connectivity index (χ1v) is 19.3. The van der Waals surface area contributed by atoms with Crippen LogP contribution < -0.4 is 0 Å². The summed E-state index contributed by atoms with van der Waals surface area (Å²) in [5.74, 6) is 1.94. The second-order valence-corrected chi connectivity index (χ2v) is 15.0. The van der Waals surface area contributed by atoms with Crippen molar-refractivity contribution in [1.82, 2.24) is 15.0 Å². The summed E-state index contributed by atoms with van der Waals surface area (Å²) in [6.07, 6.45) is 0. The molecule has 0 radical (unpaired) electrons. The van der Waals surface area contributed by atoms with Crippen molar-refractivity contribution in [2.75, 3.05) is 0 Å². The van der Waals surface area contributed by atoms with E-state index < -0.39 is 0 Å². The van der Waals surface area contributed by atoms with Crippen molar-refractivity contribution in [3.05, 3.63) is 188 Å². The van der Waals surface area contributed by atoms with Gasteiger partial charge in [-0.05, 0) is 84.9 Å². The first-order valence-electron chi connectivity index (χ1n) is 18.5. The lowest BCUT2D eigenvalue weighted by molar-refractivity contribution is 1.08. The lowest BCUT2D eigenvalue weighted by atomic mass is 9.93. The Morgan fingerprint density at radius 3 is 1.69 bits per heavy atom. The monoisotopic (exact) mass is 717 g/mol. The average Bonchev–Trinajstić information content (AvgIpc) is 3.64. The van der Waals surface area contributed by atoms with E-state index in [1.165, 1.54) is 58.4 Å². The highest BCUT2D eigenvalue weighted by Crippen LogP contribution is 2.39. The third-order valence-corrected chi connectivity index (χ3v) is 11.9. The van der Waals surface area contributed by atoms with Crippen LogP contribution in [0, 0.1) is 0 Å². The van der Waals surface area contributed by atoms with Crippen LogP contribution in [0.25, 0.3) is 109 Å². The van der Waals surface area contributed by atoms with Crippen LogP contribution >= 0.6 is 11.3 Å². The van der Waals surface area contributed by atoms with E-state index in [1.807, 2.05) is 11.3 Å². The van der Waals surface area contributed by atoms with Crippen LogP contribution in [0.3, 0.4) is 0 Å². The quantitative estimate of drug-likeness (QED) is 0.166. The van der Waals surface area contributed by atoms with Crippen LogP contribution in [-0.2, 0) is 0 Å². The fraction of sp³-hybridized carbons (Fsp3) is 0. The predicted molar refractivity (Wildman–Crippen MR) is 232 cm³/mol. The number of aromatic nitrogens is 3. The molecule has 4 heteroatoms. The number of fused-ring (bicyclic) bond motifs is 7. The molecule has 0 aliphatic carbocycles. The first kappa shape index (κ1) is 31.5. The van der Waals surface area contributed by atoms with Gasteiger partial charge in [0.15, 0.2) is 17.5 Å². The number of rotatable bonds is 5. The van der Waals surface area contributed by atoms with Crippen LogP contribution in [0.15, 0.2) is 188 Å². The van der Waals surface area contributed by atoms with Crippen LogP contribution in [0.4, 0.5) is 0 Å². The molecule has 0 unspecified atom stereocenters. The van der Waals surface area contributed by atoms with E-state index in [0.717, 1.165) is 33.0 Å². The summed E-state index contributed by atoms with van der Waals surface area (Å²) < 4.78 is 2.52. The average molecular weight is 718 g/mol. The second kappa shape index (κ2) is 12.8. The largest absolute Gasteiger partial charge is 0.208 e. The van der Waals surface area contributed by atoms with E-state index in [1.54, 1.807) is 0 Å². The normalized spacial score (nSPS) is 11.6. The van der Waals surface area contributed by atoms with Gasteiger partial charge < -0.3 is 0 Å². The van der Waals surface area contributed by atoms with Gasteiger partial charge in [-0.25, -0.2) is 15.0 Å². The van der Waals surface area contributed by atoms with Gasteiger partial charge in [-0.1, -0.05) is 158 Å². The van der Waals surface area contributed by atoms with Crippen LogP contribution in [0.1, 0.15) is 0 Å². The third-order valence-electron chi connectivity index (χ3n) is 10.7. The van der Waals surface area contributed by atoms with Crippen molar-refractivity contribution in [2.45, 2.75) is 0 Å². The standard InChI is InChI=1S/C51H31N3S/c1-2-11-32(12-3-1)38-28-29-44(42-17-7-6-16-41(38)42)51-53-49(52-50(54-51)37-27-30-47-45(31-37)43-18-8-9-20-46(43)55-47)36-25-22-34(23-26-36)40-19-10-14-35-24-21-33-13-4-5-15-39(33)48(35)40/h1-31H. The summed E-state index contributed by atoms with van der Waals surface area (Å²) in [5, 5.41) is 9.71. The summed E-state index contributed by atoms with van der Waals surface area (Å²) in [7, 11) is 0. The van der Waals surface area contributed by atoms with Gasteiger partial charge in [0.25, 0.3) is 0 Å². The minimum Gasteiger partial charge on any atom is -0.208 e. The van der Waals surface area contributed by atoms with Gasteiger partial charge in [0.1, 0.15) is 0 Å². The lowest BCUT2D eigenvalue weighted by Gasteiger charge is -2.14. The molecule has 0 saturated carbocycles. The molecule has 11 aromatic rings. The van der Waals surface area contributed by atoms with Crippen molar-refractivity contribution in [3.63, 3.8) is 0 Å². The summed E-state index contributed by atoms with van der Waals surface area (Å²) in [5.41, 5.74) is 7.59. The molecule has 0 saturated heterocycles. The number of hydrogen-bond acceptors (Lipinski definition) is 4. The van der Waals surface area contributed by atoms with Crippen LogP contribution in [-0.4, -0.2) is 15.0 Å². The maximum Gasteiger partial charge on any atom is 0.164 e. The van der Waals surface area contributed by atoms with Gasteiger partial charge in [0, 0.05) is 36.9 Å². The van der Waals surface area contributed by atoms with E-state index in [4.69, 9.17) is 15.0 Å². The topological polar surface area (TPSA) is 38.7 Å². The molecule has 55 heavy (non-hydrogen) atoms. The van der Waals surface area contributed by atoms with Crippen molar-refractivity contribution < 1.29 is 0 Å². The lowest BCUT2D eigenvalue weighted by Crippen LogP contribution is -2.01. The number of thiophene rings is 1. The Balaban J connectivity index is 1.09. The van der Waals surface area contributed by atoms with E-state index in [0.29, 0.717) is 17.5 Å². The highest BCUT2D eigenvalue weighted by Gasteiger charge is 2.18. The minimum absolute atomic E-state index is 0.640. The van der Waals surface area contributed by atoms with E-state index in [9.17, 15) is 0 Å². The fourth-order valence-electron chi connectivity index (χ4n) is 8.08. The first-order chi connectivity index (χ1) is 27.2. The SMILES string of the molecule is c1ccc(-c2ccc(-c3nc(-c4ccc(-c5cccc6ccc7ccccc7c56)cc4)nc(-c4ccc5sc6ccccc6c5c4)n3)c3ccccc23)cc1. The molecule has 0 fully saturated rings. The number of hydrogen-bond donors (Lipinski definition) is 0. The van der Waals surface area contributed by atoms with Crippen molar-refractivity contribution >= 4 is 63.8 Å². The van der Waals surface area contributed by atoms with Crippen molar-refractivity contribution in [1.29, 1.82) is 0 Å². The molecule has 0 spiro atoms. The molecule has 0 aliphatic heterocycles. The third kappa shape index (κ3) is 5.38. The molecular formula is C51H31N3S. The van der Waals surface area contributed by atoms with Gasteiger partial charge in [-0.3, -0.25) is 0 Å². The Bertz CT molecular complexity index is 3260. The zero-order valence-corrected chi connectivity index (χ0v) is 30.5. The smallest absolute Gasteiger partial charge is 0.164 e. The Labute approximate surface area is 321 Å². The maximum atomic E-state index is 5.23. The Kier molecular flexibility index (Phi) is 7.35. The predicted octanol–water partition coefficient (Wildman–Crippen LogP) is 14.0. The van der Waals surface area contributed by atoms with Gasteiger partial charge >= 0.3 is 0 Å². The van der Waals surface area contributed by atoms with Crippen molar-refractivity contribution in [2.24, 2.45) is 0 Å². The zero-order valence-electron chi connectivity index (χ0n) is 29.6. The molecule has 3 nitrogen and oxygen atoms in total. The molecule has 2 aromatic heterocycles. The summed E-state index contributed by atoms with van der Waals surface area (Å²) in [4.78, 5) is 15.7. The molecule has 9 aromatic carbocycles. The maximum absolute atomic E-state index is 5.23. The van der Waals surface area contributed by atoms with Gasteiger partial charge in [0.2, 0.25) is 0 Å². The molecular weight excluding hydrogens is 687 g/mol. The fourth-order valence-corrected chi connectivity index (χ4v) is 9.17. The zero-order chi connectivity index (χ0) is 36.3. The van der Waals surface area contributed by atoms with Gasteiger partial charge in [0.05, 0.1) is 0 Å².